The van der Waals surface area contributed by atoms with E-state index in [0.29, 0.717) is 19.4 Å². The molecule has 1 amide bonds. The van der Waals surface area contributed by atoms with E-state index in [0.717, 1.165) is 11.3 Å². The lowest BCUT2D eigenvalue weighted by atomic mass is 10.1. The van der Waals surface area contributed by atoms with Crippen molar-refractivity contribution in [1.82, 2.24) is 0 Å². The van der Waals surface area contributed by atoms with E-state index in [2.05, 4.69) is 0 Å². The number of rotatable bonds is 4. The minimum Gasteiger partial charge on any atom is -0.481 e. The zero-order chi connectivity index (χ0) is 13.1. The fourth-order valence-electron chi connectivity index (χ4n) is 2.08. The molecule has 5 heteroatoms. The number of carbonyl (C=O) groups excluding carboxylic acids is 1. The highest BCUT2D eigenvalue weighted by molar-refractivity contribution is 5.96. The van der Waals surface area contributed by atoms with Crippen molar-refractivity contribution >= 4 is 17.6 Å². The van der Waals surface area contributed by atoms with Crippen LogP contribution < -0.4 is 10.6 Å². The summed E-state index contributed by atoms with van der Waals surface area (Å²) in [7, 11) is 0. The summed E-state index contributed by atoms with van der Waals surface area (Å²) in [4.78, 5) is 23.8. The van der Waals surface area contributed by atoms with E-state index in [-0.39, 0.29) is 18.4 Å². The number of aryl methyl sites for hydroxylation is 1. The Morgan fingerprint density at radius 1 is 1.39 bits per heavy atom. The molecule has 0 aliphatic carbocycles. The van der Waals surface area contributed by atoms with Crippen molar-refractivity contribution in [2.75, 3.05) is 11.4 Å². The molecule has 5 nitrogen and oxygen atoms in total. The van der Waals surface area contributed by atoms with Gasteiger partial charge in [0.25, 0.3) is 0 Å². The summed E-state index contributed by atoms with van der Waals surface area (Å²) in [5.74, 6) is -0.763. The maximum atomic E-state index is 11.7. The van der Waals surface area contributed by atoms with Crippen LogP contribution in [-0.2, 0) is 16.0 Å². The first kappa shape index (κ1) is 12.6. The average Bonchev–Trinajstić information content (AvgIpc) is 2.66. The zero-order valence-electron chi connectivity index (χ0n) is 10.0. The Labute approximate surface area is 105 Å². The average molecular weight is 248 g/mol. The van der Waals surface area contributed by atoms with Crippen LogP contribution >= 0.6 is 0 Å². The van der Waals surface area contributed by atoms with E-state index in [9.17, 15) is 9.59 Å². The number of nitrogens with zero attached hydrogens (tertiary/aromatic N) is 1. The Bertz CT molecular complexity index is 456. The molecule has 96 valence electrons. The van der Waals surface area contributed by atoms with Crippen LogP contribution in [0, 0.1) is 0 Å². The third kappa shape index (κ3) is 2.87. The van der Waals surface area contributed by atoms with E-state index in [1.807, 2.05) is 24.3 Å². The summed E-state index contributed by atoms with van der Waals surface area (Å²) in [6, 6.07) is 7.30. The van der Waals surface area contributed by atoms with Crippen LogP contribution in [0.1, 0.15) is 18.4 Å². The molecule has 1 aromatic carbocycles. The third-order valence-corrected chi connectivity index (χ3v) is 3.03. The van der Waals surface area contributed by atoms with E-state index in [1.165, 1.54) is 0 Å². The number of anilines is 1. The minimum absolute atomic E-state index is 0.0424. The fourth-order valence-corrected chi connectivity index (χ4v) is 2.08. The second kappa shape index (κ2) is 5.18. The number of amides is 1. The van der Waals surface area contributed by atoms with E-state index < -0.39 is 5.97 Å². The van der Waals surface area contributed by atoms with Gasteiger partial charge in [-0.1, -0.05) is 12.1 Å². The standard InChI is InChI=1S/C13H16N2O3/c14-10-7-12(16)15(8-10)11-4-1-9(2-5-11)3-6-13(17)18/h1-2,4-5,10H,3,6-8,14H2,(H,17,18). The Morgan fingerprint density at radius 3 is 2.56 bits per heavy atom. The molecule has 1 saturated heterocycles. The topological polar surface area (TPSA) is 83.6 Å². The molecule has 1 atom stereocenters. The van der Waals surface area contributed by atoms with Gasteiger partial charge in [0.15, 0.2) is 0 Å². The minimum atomic E-state index is -0.806. The van der Waals surface area contributed by atoms with E-state index in [1.54, 1.807) is 4.90 Å². The quantitative estimate of drug-likeness (QED) is 0.824. The first-order chi connectivity index (χ1) is 8.56. The van der Waals surface area contributed by atoms with Crippen molar-refractivity contribution in [3.63, 3.8) is 0 Å². The van der Waals surface area contributed by atoms with Crippen molar-refractivity contribution < 1.29 is 14.7 Å². The number of carbonyl (C=O) groups is 2. The maximum Gasteiger partial charge on any atom is 0.303 e. The molecule has 3 N–H and O–H groups in total. The second-order valence-electron chi connectivity index (χ2n) is 4.53. The summed E-state index contributed by atoms with van der Waals surface area (Å²) in [6.07, 6.45) is 1.01. The Morgan fingerprint density at radius 2 is 2.06 bits per heavy atom. The van der Waals surface area contributed by atoms with Crippen LogP contribution in [0.4, 0.5) is 5.69 Å². The molecule has 1 aliphatic heterocycles. The van der Waals surface area contributed by atoms with Crippen molar-refractivity contribution in [3.05, 3.63) is 29.8 Å². The van der Waals surface area contributed by atoms with Crippen molar-refractivity contribution in [2.24, 2.45) is 5.73 Å². The molecule has 0 spiro atoms. The second-order valence-corrected chi connectivity index (χ2v) is 4.53. The SMILES string of the molecule is NC1CC(=O)N(c2ccc(CCC(=O)O)cc2)C1. The van der Waals surface area contributed by atoms with Gasteiger partial charge in [-0.2, -0.15) is 0 Å². The first-order valence-electron chi connectivity index (χ1n) is 5.93. The molecular weight excluding hydrogens is 232 g/mol. The molecule has 18 heavy (non-hydrogen) atoms. The van der Waals surface area contributed by atoms with Gasteiger partial charge in [0.05, 0.1) is 0 Å². The molecule has 1 heterocycles. The molecule has 0 aromatic heterocycles. The highest BCUT2D eigenvalue weighted by Gasteiger charge is 2.27. The fraction of sp³-hybridized carbons (Fsp3) is 0.385. The van der Waals surface area contributed by atoms with Gasteiger partial charge in [0.1, 0.15) is 0 Å². The van der Waals surface area contributed by atoms with Gasteiger partial charge >= 0.3 is 5.97 Å². The molecule has 2 rings (SSSR count). The van der Waals surface area contributed by atoms with Gasteiger partial charge in [-0.3, -0.25) is 9.59 Å². The molecule has 0 saturated carbocycles. The summed E-state index contributed by atoms with van der Waals surface area (Å²) >= 11 is 0. The third-order valence-electron chi connectivity index (χ3n) is 3.03. The maximum absolute atomic E-state index is 11.7. The molecule has 0 bridgehead atoms. The van der Waals surface area contributed by atoms with Crippen LogP contribution in [0.3, 0.4) is 0 Å². The summed E-state index contributed by atoms with van der Waals surface area (Å²) in [5, 5.41) is 8.60. The number of carboxylic acids is 1. The lowest BCUT2D eigenvalue weighted by molar-refractivity contribution is -0.137. The highest BCUT2D eigenvalue weighted by atomic mass is 16.4. The highest BCUT2D eigenvalue weighted by Crippen LogP contribution is 2.21. The number of aliphatic carboxylic acids is 1. The van der Waals surface area contributed by atoms with Crippen LogP contribution in [0.5, 0.6) is 0 Å². The van der Waals surface area contributed by atoms with Gasteiger partial charge in [-0.05, 0) is 24.1 Å². The van der Waals surface area contributed by atoms with E-state index in [4.69, 9.17) is 10.8 Å². The molecule has 1 unspecified atom stereocenters. The Hall–Kier alpha value is -1.88. The van der Waals surface area contributed by atoms with Gasteiger partial charge in [-0.15, -0.1) is 0 Å². The van der Waals surface area contributed by atoms with Gasteiger partial charge < -0.3 is 15.7 Å². The largest absolute Gasteiger partial charge is 0.481 e. The molecule has 1 aromatic rings. The van der Waals surface area contributed by atoms with Crippen molar-refractivity contribution in [3.8, 4) is 0 Å². The first-order valence-corrected chi connectivity index (χ1v) is 5.93. The summed E-state index contributed by atoms with van der Waals surface area (Å²) in [6.45, 7) is 0.549. The zero-order valence-corrected chi connectivity index (χ0v) is 10.0. The molecular formula is C13H16N2O3. The predicted molar refractivity (Wildman–Crippen MR) is 67.3 cm³/mol. The summed E-state index contributed by atoms with van der Waals surface area (Å²) in [5.41, 5.74) is 7.52. The molecule has 1 fully saturated rings. The number of benzene rings is 1. The Kier molecular flexibility index (Phi) is 3.62. The van der Waals surface area contributed by atoms with Crippen LogP contribution in [0.2, 0.25) is 0 Å². The van der Waals surface area contributed by atoms with Crippen LogP contribution in [0.25, 0.3) is 0 Å². The van der Waals surface area contributed by atoms with E-state index >= 15 is 0 Å². The normalized spacial score (nSPS) is 19.3. The lowest BCUT2D eigenvalue weighted by Gasteiger charge is -2.16. The van der Waals surface area contributed by atoms with Gasteiger partial charge in [0, 0.05) is 31.1 Å². The number of carboxylic acid groups (broad SMARTS) is 1. The number of hydrogen-bond acceptors (Lipinski definition) is 3. The molecule has 0 radical (unpaired) electrons. The molecule has 1 aliphatic rings. The lowest BCUT2D eigenvalue weighted by Crippen LogP contribution is -2.27. The monoisotopic (exact) mass is 248 g/mol. The van der Waals surface area contributed by atoms with Crippen LogP contribution in [-0.4, -0.2) is 29.6 Å². The summed E-state index contributed by atoms with van der Waals surface area (Å²) < 4.78 is 0. The van der Waals surface area contributed by atoms with Crippen molar-refractivity contribution in [1.29, 1.82) is 0 Å². The number of hydrogen-bond donors (Lipinski definition) is 2. The smallest absolute Gasteiger partial charge is 0.303 e. The Balaban J connectivity index is 2.03. The van der Waals surface area contributed by atoms with Crippen LogP contribution in [0.15, 0.2) is 24.3 Å². The predicted octanol–water partition coefficient (Wildman–Crippen LogP) is 0.768. The van der Waals surface area contributed by atoms with Crippen molar-refractivity contribution in [2.45, 2.75) is 25.3 Å². The van der Waals surface area contributed by atoms with Gasteiger partial charge in [0.2, 0.25) is 5.91 Å². The van der Waals surface area contributed by atoms with Gasteiger partial charge in [-0.25, -0.2) is 0 Å². The number of nitrogens with two attached hydrogens (primary N) is 1.